The lowest BCUT2D eigenvalue weighted by molar-refractivity contribution is -0.137. The average molecular weight is 317 g/mol. The number of hydrogen-bond acceptors (Lipinski definition) is 5. The molecular weight excluding hydrogens is 302 g/mol. The molecule has 23 heavy (non-hydrogen) atoms. The van der Waals surface area contributed by atoms with Crippen molar-refractivity contribution >= 4 is 29.4 Å². The van der Waals surface area contributed by atoms with Gasteiger partial charge in [0.1, 0.15) is 12.6 Å². The van der Waals surface area contributed by atoms with Crippen LogP contribution in [0.1, 0.15) is 28.8 Å². The number of imide groups is 1. The van der Waals surface area contributed by atoms with E-state index in [1.165, 1.54) is 4.90 Å². The number of carbonyl (C=O) groups excluding carboxylic acids is 3. The molecule has 1 fully saturated rings. The first-order chi connectivity index (χ1) is 11.0. The Labute approximate surface area is 131 Å². The second-order valence-corrected chi connectivity index (χ2v) is 5.48. The highest BCUT2D eigenvalue weighted by Crippen LogP contribution is 2.32. The summed E-state index contributed by atoms with van der Waals surface area (Å²) in [5, 5.41) is 13.8. The van der Waals surface area contributed by atoms with Crippen LogP contribution in [0.2, 0.25) is 0 Å². The van der Waals surface area contributed by atoms with Gasteiger partial charge in [-0.15, -0.1) is 0 Å². The van der Waals surface area contributed by atoms with Crippen molar-refractivity contribution in [1.29, 1.82) is 0 Å². The zero-order valence-electron chi connectivity index (χ0n) is 12.2. The fourth-order valence-electron chi connectivity index (χ4n) is 2.92. The van der Waals surface area contributed by atoms with Gasteiger partial charge in [0.05, 0.1) is 0 Å². The van der Waals surface area contributed by atoms with E-state index in [1.54, 1.807) is 18.2 Å². The molecule has 1 atom stereocenters. The van der Waals surface area contributed by atoms with Gasteiger partial charge in [-0.25, -0.2) is 0 Å². The van der Waals surface area contributed by atoms with Crippen LogP contribution in [0.5, 0.6) is 0 Å². The standard InChI is InChI=1S/C15H15N3O5/c19-12-5-4-11(14(22)17-12)18-7-9-8(15(18)23)2-1-3-10(9)16-6-13(20)21/h1-3,11,16H,4-7H2,(H,20,21)(H,17,19,22). The van der Waals surface area contributed by atoms with E-state index < -0.39 is 17.9 Å². The summed E-state index contributed by atoms with van der Waals surface area (Å²) in [7, 11) is 0. The second kappa shape index (κ2) is 5.71. The Balaban J connectivity index is 1.84. The normalized spacial score (nSPS) is 20.3. The monoisotopic (exact) mass is 317 g/mol. The molecule has 0 spiro atoms. The Morgan fingerprint density at radius 1 is 1.35 bits per heavy atom. The van der Waals surface area contributed by atoms with Crippen LogP contribution >= 0.6 is 0 Å². The van der Waals surface area contributed by atoms with Crippen LogP contribution in [0, 0.1) is 0 Å². The van der Waals surface area contributed by atoms with E-state index in [1.807, 2.05) is 0 Å². The highest BCUT2D eigenvalue weighted by molar-refractivity contribution is 6.06. The number of carboxylic acids is 1. The molecule has 3 rings (SSSR count). The maximum atomic E-state index is 12.5. The number of carboxylic acid groups (broad SMARTS) is 1. The highest BCUT2D eigenvalue weighted by atomic mass is 16.4. The van der Waals surface area contributed by atoms with Gasteiger partial charge in [0, 0.05) is 29.8 Å². The summed E-state index contributed by atoms with van der Waals surface area (Å²) >= 11 is 0. The Morgan fingerprint density at radius 2 is 2.13 bits per heavy atom. The van der Waals surface area contributed by atoms with Crippen LogP contribution in [-0.4, -0.2) is 46.3 Å². The van der Waals surface area contributed by atoms with Crippen molar-refractivity contribution in [1.82, 2.24) is 10.2 Å². The number of hydrogen-bond donors (Lipinski definition) is 3. The van der Waals surface area contributed by atoms with E-state index in [2.05, 4.69) is 10.6 Å². The molecule has 2 heterocycles. The minimum Gasteiger partial charge on any atom is -0.480 e. The molecule has 1 aromatic carbocycles. The Hall–Kier alpha value is -2.90. The van der Waals surface area contributed by atoms with Crippen LogP contribution in [0.25, 0.3) is 0 Å². The van der Waals surface area contributed by atoms with Crippen molar-refractivity contribution in [3.63, 3.8) is 0 Å². The summed E-state index contributed by atoms with van der Waals surface area (Å²) in [5.41, 5.74) is 1.68. The number of amides is 3. The maximum absolute atomic E-state index is 12.5. The Bertz CT molecular complexity index is 715. The largest absolute Gasteiger partial charge is 0.480 e. The van der Waals surface area contributed by atoms with Gasteiger partial charge < -0.3 is 15.3 Å². The van der Waals surface area contributed by atoms with Gasteiger partial charge in [-0.05, 0) is 18.6 Å². The summed E-state index contributed by atoms with van der Waals surface area (Å²) in [6.07, 6.45) is 0.489. The Morgan fingerprint density at radius 3 is 2.83 bits per heavy atom. The molecule has 2 aliphatic rings. The van der Waals surface area contributed by atoms with Crippen LogP contribution in [-0.2, 0) is 20.9 Å². The lowest BCUT2D eigenvalue weighted by atomic mass is 10.0. The molecule has 0 bridgehead atoms. The summed E-state index contributed by atoms with van der Waals surface area (Å²) in [5.74, 6) is -2.09. The van der Waals surface area contributed by atoms with Crippen LogP contribution < -0.4 is 10.6 Å². The van der Waals surface area contributed by atoms with Gasteiger partial charge in [-0.2, -0.15) is 0 Å². The fraction of sp³-hybridized carbons (Fsp3) is 0.333. The number of nitrogens with one attached hydrogen (secondary N) is 2. The topological polar surface area (TPSA) is 116 Å². The molecule has 8 nitrogen and oxygen atoms in total. The van der Waals surface area contributed by atoms with Crippen molar-refractivity contribution in [2.24, 2.45) is 0 Å². The molecule has 0 aliphatic carbocycles. The maximum Gasteiger partial charge on any atom is 0.322 e. The van der Waals surface area contributed by atoms with Crippen molar-refractivity contribution < 1.29 is 24.3 Å². The molecule has 1 unspecified atom stereocenters. The molecule has 2 aliphatic heterocycles. The third kappa shape index (κ3) is 2.75. The van der Waals surface area contributed by atoms with Gasteiger partial charge in [-0.3, -0.25) is 24.5 Å². The van der Waals surface area contributed by atoms with Gasteiger partial charge in [0.15, 0.2) is 0 Å². The molecule has 0 saturated carbocycles. The molecule has 1 aromatic rings. The smallest absolute Gasteiger partial charge is 0.322 e. The number of piperidine rings is 1. The Kier molecular flexibility index (Phi) is 3.73. The van der Waals surface area contributed by atoms with Crippen LogP contribution in [0.3, 0.4) is 0 Å². The number of anilines is 1. The lowest BCUT2D eigenvalue weighted by Crippen LogP contribution is -2.52. The number of rotatable bonds is 4. The van der Waals surface area contributed by atoms with E-state index in [9.17, 15) is 19.2 Å². The fourth-order valence-corrected chi connectivity index (χ4v) is 2.92. The first-order valence-corrected chi connectivity index (χ1v) is 7.19. The van der Waals surface area contributed by atoms with Crippen LogP contribution in [0.4, 0.5) is 5.69 Å². The molecule has 3 N–H and O–H groups in total. The molecule has 120 valence electrons. The molecule has 8 heteroatoms. The van der Waals surface area contributed by atoms with Gasteiger partial charge in [0.25, 0.3) is 5.91 Å². The minimum atomic E-state index is -1.01. The summed E-state index contributed by atoms with van der Waals surface area (Å²) < 4.78 is 0. The van der Waals surface area contributed by atoms with Gasteiger partial charge in [0.2, 0.25) is 11.8 Å². The van der Waals surface area contributed by atoms with E-state index in [4.69, 9.17) is 5.11 Å². The molecular formula is C15H15N3O5. The quantitative estimate of drug-likeness (QED) is 0.670. The number of aliphatic carboxylic acids is 1. The van der Waals surface area contributed by atoms with Crippen molar-refractivity contribution in [3.05, 3.63) is 29.3 Å². The molecule has 0 radical (unpaired) electrons. The van der Waals surface area contributed by atoms with Crippen LogP contribution in [0.15, 0.2) is 18.2 Å². The zero-order chi connectivity index (χ0) is 16.6. The summed E-state index contributed by atoms with van der Waals surface area (Å²) in [4.78, 5) is 47.9. The predicted octanol–water partition coefficient (Wildman–Crippen LogP) is -0.0559. The van der Waals surface area contributed by atoms with Crippen molar-refractivity contribution in [2.75, 3.05) is 11.9 Å². The van der Waals surface area contributed by atoms with Gasteiger partial charge >= 0.3 is 5.97 Å². The molecule has 3 amide bonds. The summed E-state index contributed by atoms with van der Waals surface area (Å²) in [6, 6.07) is 4.33. The third-order valence-electron chi connectivity index (χ3n) is 4.01. The average Bonchev–Trinajstić information content (AvgIpc) is 2.83. The third-order valence-corrected chi connectivity index (χ3v) is 4.01. The number of carbonyl (C=O) groups is 4. The zero-order valence-corrected chi connectivity index (χ0v) is 12.2. The van der Waals surface area contributed by atoms with Gasteiger partial charge in [-0.1, -0.05) is 6.07 Å². The van der Waals surface area contributed by atoms with E-state index >= 15 is 0 Å². The first kappa shape index (κ1) is 15.0. The van der Waals surface area contributed by atoms with E-state index in [-0.39, 0.29) is 31.3 Å². The van der Waals surface area contributed by atoms with Crippen molar-refractivity contribution in [3.8, 4) is 0 Å². The predicted molar refractivity (Wildman–Crippen MR) is 78.6 cm³/mol. The first-order valence-electron chi connectivity index (χ1n) is 7.19. The van der Waals surface area contributed by atoms with Crippen molar-refractivity contribution in [2.45, 2.75) is 25.4 Å². The summed E-state index contributed by atoms with van der Waals surface area (Å²) in [6.45, 7) is -0.0493. The highest BCUT2D eigenvalue weighted by Gasteiger charge is 2.39. The molecule has 1 saturated heterocycles. The van der Waals surface area contributed by atoms with E-state index in [0.29, 0.717) is 23.2 Å². The number of benzene rings is 1. The minimum absolute atomic E-state index is 0.195. The lowest BCUT2D eigenvalue weighted by Gasteiger charge is -2.29. The SMILES string of the molecule is O=C(O)CNc1cccc2c1CN(C1CCC(=O)NC1=O)C2=O. The molecule has 0 aromatic heterocycles. The number of nitrogens with zero attached hydrogens (tertiary/aromatic N) is 1. The number of fused-ring (bicyclic) bond motifs is 1. The van der Waals surface area contributed by atoms with E-state index in [0.717, 1.165) is 0 Å². The second-order valence-electron chi connectivity index (χ2n) is 5.48.